The van der Waals surface area contributed by atoms with Gasteiger partial charge < -0.3 is 8.82 Å². The fourth-order valence-corrected chi connectivity index (χ4v) is 5.80. The molecule has 0 aliphatic rings. The van der Waals surface area contributed by atoms with Gasteiger partial charge in [0.15, 0.2) is 11.8 Å². The van der Waals surface area contributed by atoms with Gasteiger partial charge in [0.2, 0.25) is 5.69 Å². The summed E-state index contributed by atoms with van der Waals surface area (Å²) < 4.78 is 28.9. The van der Waals surface area contributed by atoms with Crippen molar-refractivity contribution in [1.29, 1.82) is 0 Å². The van der Waals surface area contributed by atoms with Gasteiger partial charge in [0.1, 0.15) is 18.1 Å². The molecule has 0 amide bonds. The molecule has 0 N–H and O–H groups in total. The van der Waals surface area contributed by atoms with Crippen molar-refractivity contribution in [2.45, 2.75) is 34.1 Å². The van der Waals surface area contributed by atoms with Crippen LogP contribution in [-0.4, -0.2) is 4.40 Å². The molecule has 4 aromatic heterocycles. The van der Waals surface area contributed by atoms with E-state index in [1.165, 1.54) is 16.3 Å². The molecule has 0 saturated heterocycles. The van der Waals surface area contributed by atoms with Crippen LogP contribution in [0.2, 0.25) is 0 Å². The van der Waals surface area contributed by atoms with Gasteiger partial charge in [-0.15, -0.1) is 0 Å². The first kappa shape index (κ1) is 18.5. The summed E-state index contributed by atoms with van der Waals surface area (Å²) in [6, 6.07) is 23.0. The van der Waals surface area contributed by atoms with E-state index in [4.69, 9.17) is 7.16 Å². The second-order valence-corrected chi connectivity index (χ2v) is 10.8. The molecular formula is C32H29N2O+. The zero-order chi connectivity index (χ0) is 25.9. The SMILES string of the molecule is [2H]C([2H])(c1cc[n+](C)c(-c2c(C)cc3c4ccccc4n4c5c6ccccc6oc5c2c34)c1)C(C)(C)C. The van der Waals surface area contributed by atoms with Crippen LogP contribution in [0.5, 0.6) is 0 Å². The van der Waals surface area contributed by atoms with E-state index >= 15 is 0 Å². The standard InChI is InChI=1S/C32H29N2O/c1-19-16-23-21-10-6-8-12-24(21)34-29(23)28(31-30(34)22-11-7-9-13-26(22)35-31)27(19)25-17-20(14-15-33(25)5)18-32(2,3)4/h6-17H,18H2,1-5H3/q+1/i18D2. The lowest BCUT2D eigenvalue weighted by Crippen LogP contribution is -2.31. The summed E-state index contributed by atoms with van der Waals surface area (Å²) in [4.78, 5) is 0. The Morgan fingerprint density at radius 3 is 2.46 bits per heavy atom. The second kappa shape index (κ2) is 6.85. The summed E-state index contributed by atoms with van der Waals surface area (Å²) in [6.45, 7) is 8.02. The quantitative estimate of drug-likeness (QED) is 0.240. The number of aryl methyl sites for hydroxylation is 2. The number of rotatable bonds is 2. The number of hydrogen-bond donors (Lipinski definition) is 0. The predicted molar refractivity (Wildman–Crippen MR) is 145 cm³/mol. The highest BCUT2D eigenvalue weighted by Crippen LogP contribution is 2.47. The minimum absolute atomic E-state index is 0.543. The highest BCUT2D eigenvalue weighted by atomic mass is 16.3. The first-order valence-electron chi connectivity index (χ1n) is 13.2. The van der Waals surface area contributed by atoms with Gasteiger partial charge in [0.05, 0.1) is 22.0 Å². The van der Waals surface area contributed by atoms with Crippen LogP contribution in [0.3, 0.4) is 0 Å². The van der Waals surface area contributed by atoms with Crippen molar-refractivity contribution in [3.63, 3.8) is 0 Å². The van der Waals surface area contributed by atoms with Crippen molar-refractivity contribution in [3.05, 3.63) is 84.1 Å². The van der Waals surface area contributed by atoms with Crippen LogP contribution in [0.1, 0.15) is 34.6 Å². The van der Waals surface area contributed by atoms with Crippen LogP contribution in [0, 0.1) is 12.3 Å². The van der Waals surface area contributed by atoms with Crippen LogP contribution >= 0.6 is 0 Å². The van der Waals surface area contributed by atoms with Gasteiger partial charge in [0.25, 0.3) is 0 Å². The molecular weight excluding hydrogens is 428 g/mol. The van der Waals surface area contributed by atoms with E-state index in [1.54, 1.807) is 0 Å². The molecule has 7 rings (SSSR count). The predicted octanol–water partition coefficient (Wildman–Crippen LogP) is 7.97. The maximum atomic E-state index is 8.94. The van der Waals surface area contributed by atoms with Gasteiger partial charge in [-0.3, -0.25) is 0 Å². The van der Waals surface area contributed by atoms with E-state index in [0.29, 0.717) is 5.56 Å². The number of para-hydroxylation sites is 2. The third kappa shape index (κ3) is 2.81. The van der Waals surface area contributed by atoms with Crippen LogP contribution in [0.25, 0.3) is 60.5 Å². The van der Waals surface area contributed by atoms with Crippen LogP contribution in [0.4, 0.5) is 0 Å². The molecule has 7 aromatic rings. The lowest BCUT2D eigenvalue weighted by atomic mass is 9.87. The third-order valence-electron chi connectivity index (χ3n) is 7.10. The Morgan fingerprint density at radius 1 is 0.914 bits per heavy atom. The zero-order valence-electron chi connectivity index (χ0n) is 22.7. The molecule has 3 heteroatoms. The van der Waals surface area contributed by atoms with E-state index in [1.807, 2.05) is 58.3 Å². The Bertz CT molecular complexity index is 2020. The number of furan rings is 1. The minimum Gasteiger partial charge on any atom is -0.454 e. The Kier molecular flexibility index (Phi) is 3.62. The summed E-state index contributed by atoms with van der Waals surface area (Å²) >= 11 is 0. The summed E-state index contributed by atoms with van der Waals surface area (Å²) in [5.41, 5.74) is 8.52. The van der Waals surface area contributed by atoms with E-state index in [2.05, 4.69) is 58.4 Å². The summed E-state index contributed by atoms with van der Waals surface area (Å²) in [5.74, 6) is 0. The molecule has 0 aliphatic carbocycles. The van der Waals surface area contributed by atoms with Crippen molar-refractivity contribution < 1.29 is 11.7 Å². The van der Waals surface area contributed by atoms with Crippen molar-refractivity contribution >= 4 is 49.3 Å². The van der Waals surface area contributed by atoms with Crippen LogP contribution in [0.15, 0.2) is 77.3 Å². The molecule has 0 bridgehead atoms. The number of benzene rings is 3. The number of hydrogen-bond acceptors (Lipinski definition) is 1. The average Bonchev–Trinajstić information content (AvgIpc) is 3.48. The van der Waals surface area contributed by atoms with Crippen LogP contribution < -0.4 is 4.57 Å². The summed E-state index contributed by atoms with van der Waals surface area (Å²) in [6.07, 6.45) is 0.489. The molecule has 0 spiro atoms. The van der Waals surface area contributed by atoms with Gasteiger partial charge >= 0.3 is 0 Å². The Hall–Kier alpha value is -3.85. The third-order valence-corrected chi connectivity index (χ3v) is 7.10. The van der Waals surface area contributed by atoms with Crippen molar-refractivity contribution in [2.24, 2.45) is 12.5 Å². The first-order chi connectivity index (χ1) is 17.6. The molecule has 0 saturated carbocycles. The number of nitrogens with zero attached hydrogens (tertiary/aromatic N) is 2. The summed E-state index contributed by atoms with van der Waals surface area (Å²) in [5, 5.41) is 4.63. The van der Waals surface area contributed by atoms with Crippen molar-refractivity contribution in [3.8, 4) is 11.3 Å². The molecule has 0 atom stereocenters. The van der Waals surface area contributed by atoms with Gasteiger partial charge in [-0.05, 0) is 54.1 Å². The Balaban J connectivity index is 1.70. The van der Waals surface area contributed by atoms with Gasteiger partial charge in [-0.2, -0.15) is 0 Å². The Morgan fingerprint density at radius 2 is 1.66 bits per heavy atom. The molecule has 3 aromatic carbocycles. The molecule has 4 heterocycles. The van der Waals surface area contributed by atoms with E-state index in [9.17, 15) is 0 Å². The molecule has 3 nitrogen and oxygen atoms in total. The average molecular weight is 460 g/mol. The zero-order valence-corrected chi connectivity index (χ0v) is 20.7. The number of aromatic nitrogens is 2. The van der Waals surface area contributed by atoms with Crippen molar-refractivity contribution in [2.75, 3.05) is 0 Å². The van der Waals surface area contributed by atoms with E-state index < -0.39 is 11.8 Å². The smallest absolute Gasteiger partial charge is 0.213 e. The fraction of sp³-hybridized carbons (Fsp3) is 0.219. The molecule has 0 radical (unpaired) electrons. The fourth-order valence-electron chi connectivity index (χ4n) is 5.80. The molecule has 0 unspecified atom stereocenters. The largest absolute Gasteiger partial charge is 0.454 e. The van der Waals surface area contributed by atoms with E-state index in [0.717, 1.165) is 49.8 Å². The molecule has 0 fully saturated rings. The number of fused-ring (bicyclic) bond motifs is 8. The van der Waals surface area contributed by atoms with Crippen LogP contribution in [-0.2, 0) is 13.4 Å². The molecule has 0 aliphatic heterocycles. The maximum Gasteiger partial charge on any atom is 0.213 e. The van der Waals surface area contributed by atoms with Gasteiger partial charge in [-0.25, -0.2) is 4.57 Å². The number of pyridine rings is 1. The summed E-state index contributed by atoms with van der Waals surface area (Å²) in [7, 11) is 2.03. The monoisotopic (exact) mass is 459 g/mol. The van der Waals surface area contributed by atoms with Gasteiger partial charge in [-0.1, -0.05) is 51.1 Å². The molecule has 172 valence electrons. The second-order valence-electron chi connectivity index (χ2n) is 10.8. The molecule has 35 heavy (non-hydrogen) atoms. The first-order valence-corrected chi connectivity index (χ1v) is 12.2. The normalized spacial score (nSPS) is 14.1. The van der Waals surface area contributed by atoms with E-state index in [-0.39, 0.29) is 0 Å². The highest BCUT2D eigenvalue weighted by Gasteiger charge is 2.28. The van der Waals surface area contributed by atoms with Crippen molar-refractivity contribution in [1.82, 2.24) is 4.40 Å². The van der Waals surface area contributed by atoms with Gasteiger partial charge in [0, 0.05) is 31.0 Å². The topological polar surface area (TPSA) is 21.4 Å². The maximum absolute atomic E-state index is 8.94. The Labute approximate surface area is 207 Å². The lowest BCUT2D eigenvalue weighted by molar-refractivity contribution is -0.660. The lowest BCUT2D eigenvalue weighted by Gasteiger charge is -2.18. The highest BCUT2D eigenvalue weighted by molar-refractivity contribution is 6.29. The minimum atomic E-state index is -1.49.